The number of ketones is 1. The molecule has 138 valence electrons. The number of ether oxygens (including phenoxy) is 2. The van der Waals surface area contributed by atoms with E-state index in [0.29, 0.717) is 12.0 Å². The number of fused-ring (bicyclic) bond motifs is 2. The monoisotopic (exact) mass is 364 g/mol. The Kier molecular flexibility index (Phi) is 5.81. The van der Waals surface area contributed by atoms with Crippen LogP contribution < -0.4 is 0 Å². The third kappa shape index (κ3) is 4.14. The van der Waals surface area contributed by atoms with E-state index in [-0.39, 0.29) is 19.6 Å². The van der Waals surface area contributed by atoms with Crippen molar-refractivity contribution >= 4 is 39.3 Å². The van der Waals surface area contributed by atoms with Crippen molar-refractivity contribution in [1.82, 2.24) is 0 Å². The molecule has 0 aromatic heterocycles. The summed E-state index contributed by atoms with van der Waals surface area (Å²) in [7, 11) is 0. The molecule has 0 unspecified atom stereocenters. The maximum atomic E-state index is 12.7. The molecule has 0 amide bonds. The molecule has 0 heterocycles. The lowest BCUT2D eigenvalue weighted by Gasteiger charge is -2.11. The lowest BCUT2D eigenvalue weighted by Crippen LogP contribution is -2.18. The summed E-state index contributed by atoms with van der Waals surface area (Å²) >= 11 is 0. The molecule has 3 aromatic rings. The highest BCUT2D eigenvalue weighted by atomic mass is 16.5. The van der Waals surface area contributed by atoms with Gasteiger partial charge in [-0.05, 0) is 27.6 Å². The zero-order valence-electron chi connectivity index (χ0n) is 15.1. The van der Waals surface area contributed by atoms with Gasteiger partial charge in [0.05, 0.1) is 18.8 Å². The zero-order valence-corrected chi connectivity index (χ0v) is 15.1. The fourth-order valence-corrected chi connectivity index (χ4v) is 2.92. The minimum atomic E-state index is -0.844. The van der Waals surface area contributed by atoms with Gasteiger partial charge in [0, 0.05) is 12.8 Å². The number of hydrogen-bond donors (Lipinski definition) is 0. The highest BCUT2D eigenvalue weighted by Crippen LogP contribution is 2.29. The number of carbonyl (C=O) groups excluding carboxylic acids is 3. The van der Waals surface area contributed by atoms with E-state index in [1.165, 1.54) is 0 Å². The third-order valence-electron chi connectivity index (χ3n) is 4.28. The van der Waals surface area contributed by atoms with E-state index in [0.717, 1.165) is 21.5 Å². The Hall–Kier alpha value is -3.21. The molecule has 0 spiro atoms. The van der Waals surface area contributed by atoms with E-state index in [1.54, 1.807) is 6.92 Å². The van der Waals surface area contributed by atoms with Crippen molar-refractivity contribution in [1.29, 1.82) is 0 Å². The summed E-state index contributed by atoms with van der Waals surface area (Å²) in [6.07, 6.45) is 0.444. The average molecular weight is 364 g/mol. The van der Waals surface area contributed by atoms with Gasteiger partial charge in [-0.3, -0.25) is 4.79 Å². The van der Waals surface area contributed by atoms with E-state index >= 15 is 0 Å². The van der Waals surface area contributed by atoms with Gasteiger partial charge in [0.2, 0.25) is 5.78 Å². The first-order valence-corrected chi connectivity index (χ1v) is 8.89. The Balaban J connectivity index is 1.72. The van der Waals surface area contributed by atoms with E-state index < -0.39 is 17.7 Å². The maximum Gasteiger partial charge on any atom is 0.374 e. The SMILES string of the molecule is CCC(=O)C(=O)OCCCOC(=O)c1c2ccccc2cc2ccccc12. The van der Waals surface area contributed by atoms with E-state index in [2.05, 4.69) is 0 Å². The predicted octanol–water partition coefficient (Wildman–Crippen LogP) is 4.06. The smallest absolute Gasteiger partial charge is 0.374 e. The minimum Gasteiger partial charge on any atom is -0.462 e. The number of rotatable bonds is 7. The largest absolute Gasteiger partial charge is 0.462 e. The lowest BCUT2D eigenvalue weighted by atomic mass is 9.97. The number of Topliss-reactive ketones (excluding diaryl/α,β-unsaturated/α-hetero) is 1. The fraction of sp³-hybridized carbons (Fsp3) is 0.227. The van der Waals surface area contributed by atoms with Crippen LogP contribution >= 0.6 is 0 Å². The van der Waals surface area contributed by atoms with Crippen LogP contribution in [0.4, 0.5) is 0 Å². The molecule has 0 aliphatic rings. The van der Waals surface area contributed by atoms with Crippen molar-refractivity contribution in [2.24, 2.45) is 0 Å². The van der Waals surface area contributed by atoms with Gasteiger partial charge in [-0.1, -0.05) is 55.5 Å². The topological polar surface area (TPSA) is 69.7 Å². The number of carbonyl (C=O) groups is 3. The number of hydrogen-bond acceptors (Lipinski definition) is 5. The summed E-state index contributed by atoms with van der Waals surface area (Å²) in [5.41, 5.74) is 0.529. The summed E-state index contributed by atoms with van der Waals surface area (Å²) in [5, 5.41) is 3.60. The van der Waals surface area contributed by atoms with Crippen molar-refractivity contribution < 1.29 is 23.9 Å². The molecule has 3 rings (SSSR count). The minimum absolute atomic E-state index is 0.0359. The predicted molar refractivity (Wildman–Crippen MR) is 103 cm³/mol. The molecule has 5 nitrogen and oxygen atoms in total. The lowest BCUT2D eigenvalue weighted by molar-refractivity contribution is -0.153. The number of benzene rings is 3. The van der Waals surface area contributed by atoms with Crippen molar-refractivity contribution in [2.75, 3.05) is 13.2 Å². The van der Waals surface area contributed by atoms with Crippen LogP contribution in [0.5, 0.6) is 0 Å². The molecule has 0 radical (unpaired) electrons. The van der Waals surface area contributed by atoms with Crippen LogP contribution in [-0.4, -0.2) is 30.9 Å². The van der Waals surface area contributed by atoms with Crippen LogP contribution in [0.1, 0.15) is 30.1 Å². The molecule has 0 fully saturated rings. The maximum absolute atomic E-state index is 12.7. The molecule has 3 aromatic carbocycles. The zero-order chi connectivity index (χ0) is 19.2. The molecular formula is C22H20O5. The Labute approximate surface area is 156 Å². The number of esters is 2. The molecule has 27 heavy (non-hydrogen) atoms. The van der Waals surface area contributed by atoms with Gasteiger partial charge in [-0.2, -0.15) is 0 Å². The van der Waals surface area contributed by atoms with Gasteiger partial charge in [0.1, 0.15) is 0 Å². The van der Waals surface area contributed by atoms with E-state index in [1.807, 2.05) is 54.6 Å². The molecule has 0 bridgehead atoms. The Morgan fingerprint density at radius 3 is 1.96 bits per heavy atom. The molecule has 0 aliphatic carbocycles. The molecule has 0 aliphatic heterocycles. The van der Waals surface area contributed by atoms with Crippen LogP contribution in [0.3, 0.4) is 0 Å². The van der Waals surface area contributed by atoms with Gasteiger partial charge < -0.3 is 9.47 Å². The molecular weight excluding hydrogens is 344 g/mol. The Bertz CT molecular complexity index is 952. The molecule has 5 heteroatoms. The second-order valence-electron chi connectivity index (χ2n) is 6.10. The summed E-state index contributed by atoms with van der Waals surface area (Å²) in [4.78, 5) is 35.2. The first-order valence-electron chi connectivity index (χ1n) is 8.89. The standard InChI is InChI=1S/C22H20O5/c1-2-19(23)21(24)26-12-7-13-27-22(25)20-17-10-5-3-8-15(17)14-16-9-4-6-11-18(16)20/h3-6,8-11,14H,2,7,12-13H2,1H3. The summed E-state index contributed by atoms with van der Waals surface area (Å²) in [6, 6.07) is 17.4. The first kappa shape index (κ1) is 18.6. The third-order valence-corrected chi connectivity index (χ3v) is 4.28. The highest BCUT2D eigenvalue weighted by Gasteiger charge is 2.16. The van der Waals surface area contributed by atoms with Gasteiger partial charge in [-0.25, -0.2) is 9.59 Å². The second-order valence-corrected chi connectivity index (χ2v) is 6.10. The van der Waals surface area contributed by atoms with Crippen molar-refractivity contribution in [2.45, 2.75) is 19.8 Å². The molecule has 0 saturated heterocycles. The molecule has 0 atom stereocenters. The fourth-order valence-electron chi connectivity index (χ4n) is 2.92. The van der Waals surface area contributed by atoms with Crippen LogP contribution in [0.2, 0.25) is 0 Å². The van der Waals surface area contributed by atoms with Crippen LogP contribution in [-0.2, 0) is 19.1 Å². The van der Waals surface area contributed by atoms with E-state index in [9.17, 15) is 14.4 Å². The average Bonchev–Trinajstić information content (AvgIpc) is 2.70. The molecule has 0 saturated carbocycles. The van der Waals surface area contributed by atoms with Gasteiger partial charge in [0.25, 0.3) is 0 Å². The summed E-state index contributed by atoms with van der Waals surface area (Å²) in [5.74, 6) is -1.82. The Morgan fingerprint density at radius 1 is 0.815 bits per heavy atom. The summed E-state index contributed by atoms with van der Waals surface area (Å²) < 4.78 is 10.2. The summed E-state index contributed by atoms with van der Waals surface area (Å²) in [6.45, 7) is 1.73. The highest BCUT2D eigenvalue weighted by molar-refractivity contribution is 6.33. The van der Waals surface area contributed by atoms with Gasteiger partial charge in [0.15, 0.2) is 0 Å². The van der Waals surface area contributed by atoms with Crippen molar-refractivity contribution in [3.05, 3.63) is 60.2 Å². The van der Waals surface area contributed by atoms with Crippen molar-refractivity contribution in [3.63, 3.8) is 0 Å². The van der Waals surface area contributed by atoms with Gasteiger partial charge in [-0.15, -0.1) is 0 Å². The molecule has 0 N–H and O–H groups in total. The second kappa shape index (κ2) is 8.45. The van der Waals surface area contributed by atoms with Crippen LogP contribution in [0.15, 0.2) is 54.6 Å². The Morgan fingerprint density at radius 2 is 1.37 bits per heavy atom. The van der Waals surface area contributed by atoms with Crippen LogP contribution in [0.25, 0.3) is 21.5 Å². The van der Waals surface area contributed by atoms with E-state index in [4.69, 9.17) is 9.47 Å². The first-order chi connectivity index (χ1) is 13.1. The van der Waals surface area contributed by atoms with Gasteiger partial charge >= 0.3 is 11.9 Å². The van der Waals surface area contributed by atoms with Crippen LogP contribution in [0, 0.1) is 0 Å². The normalized spacial score (nSPS) is 10.7. The quantitative estimate of drug-likeness (QED) is 0.274. The van der Waals surface area contributed by atoms with Crippen molar-refractivity contribution in [3.8, 4) is 0 Å².